The number of para-hydroxylation sites is 1. The lowest BCUT2D eigenvalue weighted by Gasteiger charge is -2.12. The summed E-state index contributed by atoms with van der Waals surface area (Å²) in [6.45, 7) is 3.25. The van der Waals surface area contributed by atoms with E-state index in [1.54, 1.807) is 24.3 Å². The van der Waals surface area contributed by atoms with E-state index < -0.39 is 36.8 Å². The van der Waals surface area contributed by atoms with Crippen LogP contribution >= 0.6 is 0 Å². The molecule has 2 aromatic rings. The molecule has 0 spiro atoms. The quantitative estimate of drug-likeness (QED) is 0.529. The average Bonchev–Trinajstić information content (AvgIpc) is 2.75. The Morgan fingerprint density at radius 1 is 0.903 bits per heavy atom. The van der Waals surface area contributed by atoms with Gasteiger partial charge < -0.3 is 20.7 Å². The van der Waals surface area contributed by atoms with Gasteiger partial charge in [0.05, 0.1) is 16.8 Å². The minimum absolute atomic E-state index is 0.208. The van der Waals surface area contributed by atoms with E-state index in [9.17, 15) is 23.6 Å². The highest BCUT2D eigenvalue weighted by molar-refractivity contribution is 6.04. The number of carbonyl (C=O) groups excluding carboxylic acids is 4. The fourth-order valence-corrected chi connectivity index (χ4v) is 2.46. The minimum Gasteiger partial charge on any atom is -0.454 e. The van der Waals surface area contributed by atoms with Gasteiger partial charge in [0.25, 0.3) is 17.7 Å². The van der Waals surface area contributed by atoms with Gasteiger partial charge in [0.1, 0.15) is 12.4 Å². The number of rotatable bonds is 9. The van der Waals surface area contributed by atoms with Crippen LogP contribution in [-0.4, -0.2) is 43.4 Å². The van der Waals surface area contributed by atoms with Crippen molar-refractivity contribution in [1.82, 2.24) is 10.6 Å². The summed E-state index contributed by atoms with van der Waals surface area (Å²) >= 11 is 0. The van der Waals surface area contributed by atoms with Crippen molar-refractivity contribution < 1.29 is 28.3 Å². The smallest absolute Gasteiger partial charge is 0.325 e. The molecule has 0 saturated carbocycles. The normalized spacial score (nSPS) is 10.3. The second kappa shape index (κ2) is 11.4. The Morgan fingerprint density at radius 3 is 2.19 bits per heavy atom. The van der Waals surface area contributed by atoms with Crippen LogP contribution in [0.25, 0.3) is 0 Å². The van der Waals surface area contributed by atoms with E-state index in [4.69, 9.17) is 4.74 Å². The molecule has 164 valence electrons. The van der Waals surface area contributed by atoms with Gasteiger partial charge in [-0.05, 0) is 30.2 Å². The molecule has 0 bridgehead atoms. The highest BCUT2D eigenvalue weighted by atomic mass is 19.1. The summed E-state index contributed by atoms with van der Waals surface area (Å²) in [5.41, 5.74) is 0.345. The zero-order chi connectivity index (χ0) is 22.8. The standard InChI is InChI=1S/C22H24FN3O5/c1-14(2)11-24-22(30)16-8-4-6-10-18(16)26-19(27)13-31-20(28)12-25-21(29)15-7-3-5-9-17(15)23/h3-10,14H,11-13H2,1-2H3,(H,24,30)(H,25,29)(H,26,27). The number of hydrogen-bond donors (Lipinski definition) is 3. The number of hydrogen-bond acceptors (Lipinski definition) is 5. The Balaban J connectivity index is 1.83. The van der Waals surface area contributed by atoms with Gasteiger partial charge in [-0.15, -0.1) is 0 Å². The third-order valence-corrected chi connectivity index (χ3v) is 3.99. The molecule has 0 aliphatic rings. The Hall–Kier alpha value is -3.75. The number of ether oxygens (including phenoxy) is 1. The van der Waals surface area contributed by atoms with E-state index in [0.717, 1.165) is 6.07 Å². The maximum atomic E-state index is 13.5. The van der Waals surface area contributed by atoms with Crippen molar-refractivity contribution in [2.75, 3.05) is 25.0 Å². The van der Waals surface area contributed by atoms with Crippen molar-refractivity contribution in [2.45, 2.75) is 13.8 Å². The average molecular weight is 429 g/mol. The van der Waals surface area contributed by atoms with Gasteiger partial charge in [0.2, 0.25) is 0 Å². The Bertz CT molecular complexity index is 962. The number of anilines is 1. The molecule has 0 saturated heterocycles. The molecule has 2 rings (SSSR count). The second-order valence-corrected chi connectivity index (χ2v) is 7.02. The predicted molar refractivity (Wildman–Crippen MR) is 112 cm³/mol. The first kappa shape index (κ1) is 23.5. The Labute approximate surface area is 179 Å². The summed E-state index contributed by atoms with van der Waals surface area (Å²) in [5, 5.41) is 7.51. The van der Waals surface area contributed by atoms with Gasteiger partial charge in [0.15, 0.2) is 6.61 Å². The summed E-state index contributed by atoms with van der Waals surface area (Å²) < 4.78 is 18.4. The van der Waals surface area contributed by atoms with Crippen LogP contribution < -0.4 is 16.0 Å². The van der Waals surface area contributed by atoms with Crippen LogP contribution in [0.3, 0.4) is 0 Å². The first-order chi connectivity index (χ1) is 14.8. The first-order valence-corrected chi connectivity index (χ1v) is 9.63. The van der Waals surface area contributed by atoms with E-state index in [1.165, 1.54) is 18.2 Å². The van der Waals surface area contributed by atoms with E-state index in [2.05, 4.69) is 16.0 Å². The van der Waals surface area contributed by atoms with E-state index in [-0.39, 0.29) is 28.6 Å². The topological polar surface area (TPSA) is 114 Å². The van der Waals surface area contributed by atoms with Gasteiger partial charge in [-0.1, -0.05) is 38.1 Å². The van der Waals surface area contributed by atoms with Crippen molar-refractivity contribution in [2.24, 2.45) is 5.92 Å². The van der Waals surface area contributed by atoms with Gasteiger partial charge in [-0.25, -0.2) is 4.39 Å². The van der Waals surface area contributed by atoms with Crippen molar-refractivity contribution in [1.29, 1.82) is 0 Å². The number of carbonyl (C=O) groups is 4. The number of nitrogens with one attached hydrogen (secondary N) is 3. The third kappa shape index (κ3) is 7.54. The zero-order valence-electron chi connectivity index (χ0n) is 17.2. The molecule has 9 heteroatoms. The van der Waals surface area contributed by atoms with Crippen molar-refractivity contribution in [3.63, 3.8) is 0 Å². The molecule has 0 atom stereocenters. The molecule has 31 heavy (non-hydrogen) atoms. The first-order valence-electron chi connectivity index (χ1n) is 9.63. The molecule has 0 radical (unpaired) electrons. The van der Waals surface area contributed by atoms with E-state index >= 15 is 0 Å². The zero-order valence-corrected chi connectivity index (χ0v) is 17.2. The lowest BCUT2D eigenvalue weighted by atomic mass is 10.1. The van der Waals surface area contributed by atoms with Crippen LogP contribution in [-0.2, 0) is 14.3 Å². The lowest BCUT2D eigenvalue weighted by molar-refractivity contribution is -0.146. The molecule has 0 aliphatic heterocycles. The maximum absolute atomic E-state index is 13.5. The van der Waals surface area contributed by atoms with Crippen molar-refractivity contribution in [3.05, 3.63) is 65.5 Å². The van der Waals surface area contributed by atoms with Crippen LogP contribution in [0.1, 0.15) is 34.6 Å². The monoisotopic (exact) mass is 429 g/mol. The molecule has 0 heterocycles. The summed E-state index contributed by atoms with van der Waals surface area (Å²) in [6, 6.07) is 11.8. The molecule has 8 nitrogen and oxygen atoms in total. The molecule has 0 aromatic heterocycles. The number of halogens is 1. The van der Waals surface area contributed by atoms with E-state index in [1.807, 2.05) is 13.8 Å². The van der Waals surface area contributed by atoms with Gasteiger partial charge >= 0.3 is 5.97 Å². The fourth-order valence-electron chi connectivity index (χ4n) is 2.46. The Morgan fingerprint density at radius 2 is 1.52 bits per heavy atom. The minimum atomic E-state index is -0.872. The molecule has 0 aliphatic carbocycles. The molecule has 3 amide bonds. The summed E-state index contributed by atoms with van der Waals surface area (Å²) in [5.74, 6) is -3.09. The van der Waals surface area contributed by atoms with E-state index in [0.29, 0.717) is 6.54 Å². The van der Waals surface area contributed by atoms with Crippen LogP contribution in [0.5, 0.6) is 0 Å². The third-order valence-electron chi connectivity index (χ3n) is 3.99. The van der Waals surface area contributed by atoms with Crippen LogP contribution in [0, 0.1) is 11.7 Å². The SMILES string of the molecule is CC(C)CNC(=O)c1ccccc1NC(=O)COC(=O)CNC(=O)c1ccccc1F. The predicted octanol–water partition coefficient (Wildman–Crippen LogP) is 2.12. The van der Waals surface area contributed by atoms with Crippen molar-refractivity contribution >= 4 is 29.4 Å². The summed E-state index contributed by atoms with van der Waals surface area (Å²) in [6.07, 6.45) is 0. The van der Waals surface area contributed by atoms with Gasteiger partial charge in [0, 0.05) is 6.54 Å². The Kier molecular flexibility index (Phi) is 8.68. The van der Waals surface area contributed by atoms with Crippen LogP contribution in [0.4, 0.5) is 10.1 Å². The van der Waals surface area contributed by atoms with Gasteiger partial charge in [-0.2, -0.15) is 0 Å². The molecular formula is C22H24FN3O5. The fraction of sp³-hybridized carbons (Fsp3) is 0.273. The van der Waals surface area contributed by atoms with Crippen molar-refractivity contribution in [3.8, 4) is 0 Å². The number of esters is 1. The second-order valence-electron chi connectivity index (χ2n) is 7.02. The molecule has 0 fully saturated rings. The molecule has 3 N–H and O–H groups in total. The highest BCUT2D eigenvalue weighted by Gasteiger charge is 2.16. The largest absolute Gasteiger partial charge is 0.454 e. The molecule has 2 aromatic carbocycles. The van der Waals surface area contributed by atoms with Crippen LogP contribution in [0.15, 0.2) is 48.5 Å². The highest BCUT2D eigenvalue weighted by Crippen LogP contribution is 2.15. The molecular weight excluding hydrogens is 405 g/mol. The van der Waals surface area contributed by atoms with Gasteiger partial charge in [-0.3, -0.25) is 19.2 Å². The summed E-state index contributed by atoms with van der Waals surface area (Å²) in [7, 11) is 0. The number of amides is 3. The van der Waals surface area contributed by atoms with Crippen LogP contribution in [0.2, 0.25) is 0 Å². The maximum Gasteiger partial charge on any atom is 0.325 e. The summed E-state index contributed by atoms with van der Waals surface area (Å²) in [4.78, 5) is 48.0. The lowest BCUT2D eigenvalue weighted by Crippen LogP contribution is -2.33. The number of benzene rings is 2. The molecule has 0 unspecified atom stereocenters.